The molecule has 0 unspecified atom stereocenters. The fraction of sp³-hybridized carbons (Fsp3) is 0.217. The SMILES string of the molecule is CCOC(=O)C1=C(COC(=O)c2ccccc2NC(=O)c2ccccc2)NC(=O)N[C@@H]1C. The van der Waals surface area contributed by atoms with Gasteiger partial charge in [-0.2, -0.15) is 0 Å². The third kappa shape index (κ3) is 5.31. The number of rotatable bonds is 7. The van der Waals surface area contributed by atoms with Gasteiger partial charge in [0, 0.05) is 5.56 Å². The van der Waals surface area contributed by atoms with Crippen LogP contribution in [0.4, 0.5) is 10.5 Å². The third-order valence-corrected chi connectivity index (χ3v) is 4.64. The van der Waals surface area contributed by atoms with Crippen molar-refractivity contribution < 1.29 is 28.7 Å². The Labute approximate surface area is 184 Å². The Balaban J connectivity index is 1.77. The lowest BCUT2D eigenvalue weighted by atomic mass is 10.0. The van der Waals surface area contributed by atoms with Gasteiger partial charge in [-0.1, -0.05) is 30.3 Å². The number of urea groups is 1. The van der Waals surface area contributed by atoms with E-state index in [0.29, 0.717) is 5.56 Å². The van der Waals surface area contributed by atoms with Gasteiger partial charge in [-0.15, -0.1) is 0 Å². The molecule has 0 radical (unpaired) electrons. The molecule has 1 aliphatic heterocycles. The maximum Gasteiger partial charge on any atom is 0.340 e. The Hall–Kier alpha value is -4.14. The predicted molar refractivity (Wildman–Crippen MR) is 116 cm³/mol. The van der Waals surface area contributed by atoms with Crippen molar-refractivity contribution in [3.05, 3.63) is 77.0 Å². The second-order valence-electron chi connectivity index (χ2n) is 6.87. The minimum Gasteiger partial charge on any atom is -0.463 e. The van der Waals surface area contributed by atoms with Crippen LogP contribution in [-0.4, -0.2) is 43.1 Å². The first kappa shape index (κ1) is 22.5. The third-order valence-electron chi connectivity index (χ3n) is 4.64. The zero-order chi connectivity index (χ0) is 23.1. The van der Waals surface area contributed by atoms with E-state index >= 15 is 0 Å². The Morgan fingerprint density at radius 1 is 0.969 bits per heavy atom. The van der Waals surface area contributed by atoms with Gasteiger partial charge in [0.05, 0.1) is 35.2 Å². The maximum absolute atomic E-state index is 12.8. The summed E-state index contributed by atoms with van der Waals surface area (Å²) >= 11 is 0. The van der Waals surface area contributed by atoms with Gasteiger partial charge >= 0.3 is 18.0 Å². The highest BCUT2D eigenvalue weighted by atomic mass is 16.5. The standard InChI is InChI=1S/C23H23N3O6/c1-3-31-22(29)19-14(2)24-23(30)26-18(19)13-32-21(28)16-11-7-8-12-17(16)25-20(27)15-9-5-4-6-10-15/h4-12,14H,3,13H2,1-2H3,(H,25,27)(H2,24,26,30)/t14-/m1/s1. The Morgan fingerprint density at radius 2 is 1.66 bits per heavy atom. The monoisotopic (exact) mass is 437 g/mol. The summed E-state index contributed by atoms with van der Waals surface area (Å²) in [4.78, 5) is 49.3. The van der Waals surface area contributed by atoms with E-state index in [1.54, 1.807) is 62.4 Å². The molecule has 0 aromatic heterocycles. The fourth-order valence-corrected chi connectivity index (χ4v) is 3.16. The lowest BCUT2D eigenvalue weighted by Gasteiger charge is -2.26. The highest BCUT2D eigenvalue weighted by Gasteiger charge is 2.30. The number of hydrogen-bond donors (Lipinski definition) is 3. The number of para-hydroxylation sites is 1. The highest BCUT2D eigenvalue weighted by Crippen LogP contribution is 2.19. The van der Waals surface area contributed by atoms with E-state index in [9.17, 15) is 19.2 Å². The predicted octanol–water partition coefficient (Wildman–Crippen LogP) is 2.61. The Bertz CT molecular complexity index is 1060. The molecule has 9 heteroatoms. The van der Waals surface area contributed by atoms with Gasteiger partial charge in [0.15, 0.2) is 0 Å². The van der Waals surface area contributed by atoms with Crippen molar-refractivity contribution in [2.24, 2.45) is 0 Å². The minimum absolute atomic E-state index is 0.128. The molecule has 9 nitrogen and oxygen atoms in total. The Kier molecular flexibility index (Phi) is 7.22. The van der Waals surface area contributed by atoms with Crippen LogP contribution in [0.5, 0.6) is 0 Å². The molecule has 3 rings (SSSR count). The molecule has 0 aliphatic carbocycles. The maximum atomic E-state index is 12.8. The summed E-state index contributed by atoms with van der Waals surface area (Å²) in [5.74, 6) is -1.73. The fourth-order valence-electron chi connectivity index (χ4n) is 3.16. The van der Waals surface area contributed by atoms with E-state index in [1.807, 2.05) is 0 Å². The summed E-state index contributed by atoms with van der Waals surface area (Å²) in [6.07, 6.45) is 0. The lowest BCUT2D eigenvalue weighted by Crippen LogP contribution is -2.50. The topological polar surface area (TPSA) is 123 Å². The largest absolute Gasteiger partial charge is 0.463 e. The summed E-state index contributed by atoms with van der Waals surface area (Å²) in [6, 6.07) is 13.8. The summed E-state index contributed by atoms with van der Waals surface area (Å²) in [7, 11) is 0. The van der Waals surface area contributed by atoms with E-state index in [0.717, 1.165) is 0 Å². The second-order valence-corrected chi connectivity index (χ2v) is 6.87. The van der Waals surface area contributed by atoms with Crippen LogP contribution in [0.2, 0.25) is 0 Å². The first-order chi connectivity index (χ1) is 15.4. The molecule has 0 bridgehead atoms. The van der Waals surface area contributed by atoms with Crippen molar-refractivity contribution >= 4 is 29.6 Å². The molecular weight excluding hydrogens is 414 g/mol. The van der Waals surface area contributed by atoms with Crippen LogP contribution in [0.15, 0.2) is 65.9 Å². The van der Waals surface area contributed by atoms with Crippen molar-refractivity contribution in [1.29, 1.82) is 0 Å². The number of amides is 3. The second kappa shape index (κ2) is 10.3. The normalized spacial score (nSPS) is 15.3. The number of nitrogens with one attached hydrogen (secondary N) is 3. The van der Waals surface area contributed by atoms with Gasteiger partial charge in [0.1, 0.15) is 6.61 Å². The molecule has 3 amide bonds. The lowest BCUT2D eigenvalue weighted by molar-refractivity contribution is -0.139. The minimum atomic E-state index is -0.731. The van der Waals surface area contributed by atoms with Gasteiger partial charge < -0.3 is 25.4 Å². The number of ether oxygens (including phenoxy) is 2. The summed E-state index contributed by atoms with van der Waals surface area (Å²) in [5, 5.41) is 7.76. The van der Waals surface area contributed by atoms with E-state index < -0.39 is 24.0 Å². The molecule has 166 valence electrons. The molecule has 3 N–H and O–H groups in total. The van der Waals surface area contributed by atoms with Crippen molar-refractivity contribution in [3.8, 4) is 0 Å². The average Bonchev–Trinajstić information content (AvgIpc) is 2.78. The van der Waals surface area contributed by atoms with Gasteiger partial charge in [-0.25, -0.2) is 14.4 Å². The molecule has 0 fully saturated rings. The average molecular weight is 437 g/mol. The van der Waals surface area contributed by atoms with Gasteiger partial charge in [-0.05, 0) is 38.1 Å². The van der Waals surface area contributed by atoms with Crippen molar-refractivity contribution in [2.45, 2.75) is 19.9 Å². The van der Waals surface area contributed by atoms with E-state index in [-0.39, 0.29) is 41.6 Å². The molecule has 0 saturated heterocycles. The van der Waals surface area contributed by atoms with Crippen LogP contribution in [0.1, 0.15) is 34.6 Å². The molecule has 32 heavy (non-hydrogen) atoms. The number of hydrogen-bond acceptors (Lipinski definition) is 6. The molecule has 2 aromatic carbocycles. The first-order valence-electron chi connectivity index (χ1n) is 10.0. The number of anilines is 1. The Morgan fingerprint density at radius 3 is 2.38 bits per heavy atom. The molecule has 1 heterocycles. The van der Waals surface area contributed by atoms with Crippen molar-refractivity contribution in [1.82, 2.24) is 10.6 Å². The first-order valence-corrected chi connectivity index (χ1v) is 10.0. The summed E-state index contributed by atoms with van der Waals surface area (Å²) in [6.45, 7) is 3.09. The van der Waals surface area contributed by atoms with Crippen LogP contribution >= 0.6 is 0 Å². The zero-order valence-corrected chi connectivity index (χ0v) is 17.6. The smallest absolute Gasteiger partial charge is 0.340 e. The van der Waals surface area contributed by atoms with E-state index in [4.69, 9.17) is 9.47 Å². The number of esters is 2. The molecular formula is C23H23N3O6. The summed E-state index contributed by atoms with van der Waals surface area (Å²) in [5.41, 5.74) is 1.15. The van der Waals surface area contributed by atoms with Crippen LogP contribution in [-0.2, 0) is 14.3 Å². The van der Waals surface area contributed by atoms with Crippen LogP contribution < -0.4 is 16.0 Å². The molecule has 2 aromatic rings. The zero-order valence-electron chi connectivity index (χ0n) is 17.6. The van der Waals surface area contributed by atoms with E-state index in [2.05, 4.69) is 16.0 Å². The quantitative estimate of drug-likeness (QED) is 0.572. The van der Waals surface area contributed by atoms with Gasteiger partial charge in [0.2, 0.25) is 0 Å². The summed E-state index contributed by atoms with van der Waals surface area (Å²) < 4.78 is 10.4. The number of carbonyl (C=O) groups is 4. The highest BCUT2D eigenvalue weighted by molar-refractivity contribution is 6.08. The van der Waals surface area contributed by atoms with E-state index in [1.165, 1.54) is 6.07 Å². The van der Waals surface area contributed by atoms with Crippen molar-refractivity contribution in [2.75, 3.05) is 18.5 Å². The van der Waals surface area contributed by atoms with Crippen LogP contribution in [0.25, 0.3) is 0 Å². The van der Waals surface area contributed by atoms with Crippen molar-refractivity contribution in [3.63, 3.8) is 0 Å². The molecule has 1 aliphatic rings. The molecule has 0 saturated carbocycles. The van der Waals surface area contributed by atoms with Crippen LogP contribution in [0, 0.1) is 0 Å². The number of carbonyl (C=O) groups excluding carboxylic acids is 4. The molecule has 0 spiro atoms. The van der Waals surface area contributed by atoms with Crippen LogP contribution in [0.3, 0.4) is 0 Å². The molecule has 1 atom stereocenters. The van der Waals surface area contributed by atoms with Gasteiger partial charge in [-0.3, -0.25) is 4.79 Å². The van der Waals surface area contributed by atoms with Gasteiger partial charge in [0.25, 0.3) is 5.91 Å². The number of benzene rings is 2.